The highest BCUT2D eigenvalue weighted by Gasteiger charge is 2.34. The van der Waals surface area contributed by atoms with Gasteiger partial charge in [0.05, 0.1) is 17.5 Å². The summed E-state index contributed by atoms with van der Waals surface area (Å²) in [5.74, 6) is 2.37. The molecule has 0 aliphatic carbocycles. The smallest absolute Gasteiger partial charge is 0.369 e. The summed E-state index contributed by atoms with van der Waals surface area (Å²) in [7, 11) is 0. The number of benzene rings is 1. The quantitative estimate of drug-likeness (QED) is 0.834. The van der Waals surface area contributed by atoms with E-state index in [1.54, 1.807) is 12.1 Å². The molecule has 142 valence electrons. The van der Waals surface area contributed by atoms with Gasteiger partial charge >= 0.3 is 6.18 Å². The van der Waals surface area contributed by atoms with Crippen molar-refractivity contribution in [2.75, 3.05) is 18.0 Å². The molecule has 1 saturated heterocycles. The number of hydrogen-bond acceptors (Lipinski definition) is 3. The Balaban J connectivity index is 1.95. The predicted octanol–water partition coefficient (Wildman–Crippen LogP) is 3.61. The summed E-state index contributed by atoms with van der Waals surface area (Å²) in [5.41, 5.74) is -0.117. The van der Waals surface area contributed by atoms with Crippen LogP contribution >= 0.6 is 0 Å². The van der Waals surface area contributed by atoms with Gasteiger partial charge in [-0.1, -0.05) is 12.8 Å². The van der Waals surface area contributed by atoms with Gasteiger partial charge in [-0.2, -0.15) is 13.2 Å². The van der Waals surface area contributed by atoms with E-state index in [4.69, 9.17) is 6.42 Å². The Kier molecular flexibility index (Phi) is 5.26. The van der Waals surface area contributed by atoms with Gasteiger partial charge < -0.3 is 10.2 Å². The van der Waals surface area contributed by atoms with Crippen molar-refractivity contribution in [1.29, 1.82) is 0 Å². The summed E-state index contributed by atoms with van der Waals surface area (Å²) >= 11 is 0. The van der Waals surface area contributed by atoms with Crippen LogP contribution < -0.4 is 10.2 Å². The van der Waals surface area contributed by atoms with Crippen LogP contribution in [0.15, 0.2) is 30.5 Å². The number of nitrogens with zero attached hydrogens (tertiary/aromatic N) is 2. The van der Waals surface area contributed by atoms with E-state index < -0.39 is 11.7 Å². The molecule has 2 heterocycles. The number of piperidine rings is 1. The summed E-state index contributed by atoms with van der Waals surface area (Å²) in [6.45, 7) is 3.25. The second-order valence-corrected chi connectivity index (χ2v) is 6.92. The molecule has 2 atom stereocenters. The molecule has 1 N–H and O–H groups in total. The zero-order valence-electron chi connectivity index (χ0n) is 14.9. The van der Waals surface area contributed by atoms with Crippen molar-refractivity contribution < 1.29 is 18.0 Å². The van der Waals surface area contributed by atoms with Crippen molar-refractivity contribution in [2.24, 2.45) is 5.92 Å². The maximum Gasteiger partial charge on any atom is 0.418 e. The van der Waals surface area contributed by atoms with E-state index >= 15 is 0 Å². The summed E-state index contributed by atoms with van der Waals surface area (Å²) < 4.78 is 39.9. The van der Waals surface area contributed by atoms with Gasteiger partial charge in [0.15, 0.2) is 0 Å². The van der Waals surface area contributed by atoms with Crippen molar-refractivity contribution in [3.05, 3.63) is 36.0 Å². The van der Waals surface area contributed by atoms with E-state index in [0.717, 1.165) is 12.5 Å². The number of rotatable bonds is 3. The van der Waals surface area contributed by atoms with Gasteiger partial charge in [0.25, 0.3) is 0 Å². The van der Waals surface area contributed by atoms with Gasteiger partial charge in [0, 0.05) is 36.4 Å². The number of aromatic nitrogens is 1. The van der Waals surface area contributed by atoms with Gasteiger partial charge in [-0.05, 0) is 36.6 Å². The highest BCUT2D eigenvalue weighted by Crippen LogP contribution is 2.38. The molecule has 2 aromatic rings. The summed E-state index contributed by atoms with van der Waals surface area (Å²) in [4.78, 5) is 17.8. The Morgan fingerprint density at radius 1 is 1.37 bits per heavy atom. The van der Waals surface area contributed by atoms with Crippen LogP contribution in [0.3, 0.4) is 0 Å². The molecule has 1 aromatic heterocycles. The first-order valence-electron chi connectivity index (χ1n) is 8.72. The van der Waals surface area contributed by atoms with Crippen LogP contribution in [0.4, 0.5) is 18.9 Å². The number of alkyl halides is 3. The molecule has 1 aliphatic rings. The summed E-state index contributed by atoms with van der Waals surface area (Å²) in [6, 6.07) is 5.74. The lowest BCUT2D eigenvalue weighted by atomic mass is 9.94. The molecule has 3 rings (SSSR count). The average Bonchev–Trinajstić information content (AvgIpc) is 2.59. The number of amides is 1. The lowest BCUT2D eigenvalue weighted by Crippen LogP contribution is -2.50. The minimum atomic E-state index is -4.47. The molecule has 1 fully saturated rings. The van der Waals surface area contributed by atoms with Crippen LogP contribution in [0, 0.1) is 18.3 Å². The average molecular weight is 375 g/mol. The SMILES string of the molecule is C#CCC(=O)N[C@@H]1C[C@H](C)CN(c2ccc(C(F)(F)F)c3ncccc23)C1. The first kappa shape index (κ1) is 19.0. The van der Waals surface area contributed by atoms with Crippen LogP contribution in [-0.2, 0) is 11.0 Å². The highest BCUT2D eigenvalue weighted by atomic mass is 19.4. The fraction of sp³-hybridized carbons (Fsp3) is 0.400. The van der Waals surface area contributed by atoms with Gasteiger partial charge in [-0.25, -0.2) is 0 Å². The molecule has 0 spiro atoms. The highest BCUT2D eigenvalue weighted by molar-refractivity contribution is 5.94. The number of halogens is 3. The lowest BCUT2D eigenvalue weighted by molar-refractivity contribution is -0.136. The number of carbonyl (C=O) groups is 1. The number of nitrogens with one attached hydrogen (secondary N) is 1. The number of anilines is 1. The molecule has 0 radical (unpaired) electrons. The number of hydrogen-bond donors (Lipinski definition) is 1. The molecule has 0 unspecified atom stereocenters. The van der Waals surface area contributed by atoms with Crippen LogP contribution in [-0.4, -0.2) is 30.0 Å². The Bertz CT molecular complexity index is 888. The van der Waals surface area contributed by atoms with Crippen molar-refractivity contribution in [2.45, 2.75) is 32.0 Å². The van der Waals surface area contributed by atoms with Gasteiger partial charge in [0.2, 0.25) is 5.91 Å². The second kappa shape index (κ2) is 7.47. The van der Waals surface area contributed by atoms with Crippen LogP contribution in [0.25, 0.3) is 10.9 Å². The third-order valence-corrected chi connectivity index (χ3v) is 4.68. The van der Waals surface area contributed by atoms with Crippen molar-refractivity contribution >= 4 is 22.5 Å². The monoisotopic (exact) mass is 375 g/mol. The Morgan fingerprint density at radius 2 is 2.15 bits per heavy atom. The van der Waals surface area contributed by atoms with E-state index in [1.807, 2.05) is 4.90 Å². The molecular formula is C20H20F3N3O. The number of fused-ring (bicyclic) bond motifs is 1. The zero-order valence-corrected chi connectivity index (χ0v) is 14.9. The molecule has 1 aliphatic heterocycles. The predicted molar refractivity (Wildman–Crippen MR) is 98.1 cm³/mol. The molecule has 1 aromatic carbocycles. The maximum atomic E-state index is 13.3. The van der Waals surface area contributed by atoms with Crippen molar-refractivity contribution in [1.82, 2.24) is 10.3 Å². The molecule has 27 heavy (non-hydrogen) atoms. The topological polar surface area (TPSA) is 45.2 Å². The fourth-order valence-electron chi connectivity index (χ4n) is 3.69. The molecule has 7 heteroatoms. The van der Waals surface area contributed by atoms with Gasteiger partial charge in [0.1, 0.15) is 0 Å². The lowest BCUT2D eigenvalue weighted by Gasteiger charge is -2.38. The minimum Gasteiger partial charge on any atom is -0.369 e. The van der Waals surface area contributed by atoms with E-state index in [-0.39, 0.29) is 29.8 Å². The first-order chi connectivity index (χ1) is 12.8. The van der Waals surface area contributed by atoms with Crippen LogP contribution in [0.2, 0.25) is 0 Å². The molecule has 1 amide bonds. The van der Waals surface area contributed by atoms with Gasteiger partial charge in [-0.15, -0.1) is 6.42 Å². The second-order valence-electron chi connectivity index (χ2n) is 6.92. The Morgan fingerprint density at radius 3 is 2.85 bits per heavy atom. The first-order valence-corrected chi connectivity index (χ1v) is 8.72. The summed E-state index contributed by atoms with van der Waals surface area (Å²) in [6.07, 6.45) is 2.88. The number of pyridine rings is 1. The third kappa shape index (κ3) is 4.16. The normalized spacial score (nSPS) is 20.3. The Labute approximate surface area is 155 Å². The Hall–Kier alpha value is -2.75. The van der Waals surface area contributed by atoms with E-state index in [2.05, 4.69) is 23.1 Å². The van der Waals surface area contributed by atoms with E-state index in [9.17, 15) is 18.0 Å². The van der Waals surface area contributed by atoms with Crippen LogP contribution in [0.1, 0.15) is 25.3 Å². The maximum absolute atomic E-state index is 13.3. The summed E-state index contributed by atoms with van der Waals surface area (Å²) in [5, 5.41) is 3.37. The standard InChI is InChI=1S/C20H20F3N3O/c1-3-5-18(27)25-14-10-13(2)11-26(12-14)17-8-7-16(20(21,22)23)19-15(17)6-4-9-24-19/h1,4,6-9,13-14H,5,10-12H2,2H3,(H,25,27)/t13-,14+/m0/s1. The van der Waals surface area contributed by atoms with E-state index in [1.165, 1.54) is 12.3 Å². The largest absolute Gasteiger partial charge is 0.418 e. The minimum absolute atomic E-state index is 0.0119. The zero-order chi connectivity index (χ0) is 19.6. The molecule has 0 saturated carbocycles. The molecule has 4 nitrogen and oxygen atoms in total. The third-order valence-electron chi connectivity index (χ3n) is 4.68. The van der Waals surface area contributed by atoms with Gasteiger partial charge in [-0.3, -0.25) is 9.78 Å². The molecular weight excluding hydrogens is 355 g/mol. The molecule has 0 bridgehead atoms. The number of carbonyl (C=O) groups excluding carboxylic acids is 1. The number of terminal acetylenes is 1. The van der Waals surface area contributed by atoms with Crippen molar-refractivity contribution in [3.63, 3.8) is 0 Å². The van der Waals surface area contributed by atoms with Crippen molar-refractivity contribution in [3.8, 4) is 12.3 Å². The van der Waals surface area contributed by atoms with Crippen LogP contribution in [0.5, 0.6) is 0 Å². The fourth-order valence-corrected chi connectivity index (χ4v) is 3.69. The van der Waals surface area contributed by atoms with E-state index in [0.29, 0.717) is 24.2 Å².